The number of thioether (sulfide) groups is 1. The normalized spacial score (nSPS) is 11.4. The van der Waals surface area contributed by atoms with Crippen molar-refractivity contribution in [2.24, 2.45) is 0 Å². The first kappa shape index (κ1) is 15.5. The second-order valence-electron chi connectivity index (χ2n) is 5.50. The van der Waals surface area contributed by atoms with E-state index >= 15 is 0 Å². The molecule has 2 aromatic heterocycles. The Balaban J connectivity index is 2.07. The summed E-state index contributed by atoms with van der Waals surface area (Å²) in [5.74, 6) is 0. The Kier molecular flexibility index (Phi) is 4.30. The number of fused-ring (bicyclic) bond motifs is 1. The molecule has 0 saturated carbocycles. The lowest BCUT2D eigenvalue weighted by Gasteiger charge is -2.22. The third-order valence-corrected chi connectivity index (χ3v) is 4.55. The molecular weight excluding hydrogens is 308 g/mol. The molecule has 0 aliphatic heterocycles. The number of benzene rings is 1. The minimum Gasteiger partial charge on any atom is -0.450 e. The summed E-state index contributed by atoms with van der Waals surface area (Å²) in [7, 11) is 0. The molecule has 3 aromatic rings. The van der Waals surface area contributed by atoms with Crippen molar-refractivity contribution in [3.8, 4) is 11.1 Å². The Hall–Kier alpha value is -2.40. The van der Waals surface area contributed by atoms with Gasteiger partial charge < -0.3 is 4.74 Å². The lowest BCUT2D eigenvalue weighted by Crippen LogP contribution is -2.18. The van der Waals surface area contributed by atoms with Crippen LogP contribution < -0.4 is 0 Å². The summed E-state index contributed by atoms with van der Waals surface area (Å²) in [5, 5.41) is 1.03. The molecule has 3 rings (SSSR count). The van der Waals surface area contributed by atoms with E-state index in [9.17, 15) is 4.79 Å². The van der Waals surface area contributed by atoms with Crippen LogP contribution in [0.4, 0.5) is 0 Å². The second kappa shape index (κ2) is 6.38. The zero-order valence-electron chi connectivity index (χ0n) is 12.9. The van der Waals surface area contributed by atoms with Crippen molar-refractivity contribution in [2.45, 2.75) is 23.7 Å². The lowest BCUT2D eigenvalue weighted by molar-refractivity contribution is -0.133. The smallest absolute Gasteiger partial charge is 0.294 e. The van der Waals surface area contributed by atoms with E-state index in [2.05, 4.69) is 16.0 Å². The minimum atomic E-state index is -0.639. The van der Waals surface area contributed by atoms with Crippen LogP contribution in [0.25, 0.3) is 22.0 Å². The topological polar surface area (TPSA) is 52.1 Å². The molecule has 0 amide bonds. The van der Waals surface area contributed by atoms with Crippen LogP contribution in [0.5, 0.6) is 0 Å². The summed E-state index contributed by atoms with van der Waals surface area (Å²) >= 11 is 1.49. The van der Waals surface area contributed by atoms with Gasteiger partial charge in [0.25, 0.3) is 6.47 Å². The summed E-state index contributed by atoms with van der Waals surface area (Å²) in [4.78, 5) is 19.6. The molecule has 5 heteroatoms. The molecule has 0 atom stereocenters. The van der Waals surface area contributed by atoms with E-state index in [0.717, 1.165) is 26.9 Å². The van der Waals surface area contributed by atoms with Crippen LogP contribution in [0.1, 0.15) is 13.8 Å². The van der Waals surface area contributed by atoms with Gasteiger partial charge in [-0.1, -0.05) is 23.9 Å². The SMILES string of the molecule is CC(C)(OC=O)Sc1ccnc2ccc(-c3cccnc3)cc12. The summed E-state index contributed by atoms with van der Waals surface area (Å²) < 4.78 is 5.15. The second-order valence-corrected chi connectivity index (χ2v) is 7.13. The Morgan fingerprint density at radius 3 is 2.74 bits per heavy atom. The monoisotopic (exact) mass is 324 g/mol. The molecule has 0 radical (unpaired) electrons. The fourth-order valence-electron chi connectivity index (χ4n) is 2.33. The van der Waals surface area contributed by atoms with Crippen LogP contribution >= 0.6 is 11.8 Å². The number of carbonyl (C=O) groups excluding carboxylic acids is 1. The van der Waals surface area contributed by atoms with Gasteiger partial charge in [-0.05, 0) is 43.7 Å². The van der Waals surface area contributed by atoms with E-state index < -0.39 is 4.93 Å². The molecule has 116 valence electrons. The number of ether oxygens (including phenoxy) is 1. The first-order valence-electron chi connectivity index (χ1n) is 7.19. The van der Waals surface area contributed by atoms with Gasteiger partial charge in [0.1, 0.15) is 0 Å². The van der Waals surface area contributed by atoms with Crippen molar-refractivity contribution in [2.75, 3.05) is 0 Å². The molecule has 2 heterocycles. The van der Waals surface area contributed by atoms with Gasteiger partial charge in [0, 0.05) is 34.4 Å². The highest BCUT2D eigenvalue weighted by atomic mass is 32.2. The summed E-state index contributed by atoms with van der Waals surface area (Å²) in [6.45, 7) is 4.21. The van der Waals surface area contributed by atoms with Gasteiger partial charge in [-0.2, -0.15) is 0 Å². The van der Waals surface area contributed by atoms with E-state index in [1.165, 1.54) is 11.8 Å². The molecule has 0 unspecified atom stereocenters. The van der Waals surface area contributed by atoms with Crippen LogP contribution in [-0.2, 0) is 9.53 Å². The molecule has 0 bridgehead atoms. The first-order valence-corrected chi connectivity index (χ1v) is 8.00. The van der Waals surface area contributed by atoms with Gasteiger partial charge >= 0.3 is 0 Å². The zero-order valence-corrected chi connectivity index (χ0v) is 13.7. The number of nitrogens with zero attached hydrogens (tertiary/aromatic N) is 2. The van der Waals surface area contributed by atoms with Gasteiger partial charge in [0.2, 0.25) is 0 Å². The van der Waals surface area contributed by atoms with E-state index in [0.29, 0.717) is 6.47 Å². The van der Waals surface area contributed by atoms with Crippen LogP contribution in [0, 0.1) is 0 Å². The summed E-state index contributed by atoms with van der Waals surface area (Å²) in [5.41, 5.74) is 3.04. The fourth-order valence-corrected chi connectivity index (χ4v) is 3.35. The van der Waals surface area contributed by atoms with Gasteiger partial charge in [-0.15, -0.1) is 0 Å². The third kappa shape index (κ3) is 3.51. The maximum Gasteiger partial charge on any atom is 0.294 e. The molecule has 4 nitrogen and oxygen atoms in total. The van der Waals surface area contributed by atoms with E-state index in [1.54, 1.807) is 12.4 Å². The van der Waals surface area contributed by atoms with Crippen LogP contribution in [0.2, 0.25) is 0 Å². The van der Waals surface area contributed by atoms with E-state index in [-0.39, 0.29) is 0 Å². The van der Waals surface area contributed by atoms with Gasteiger partial charge in [0.15, 0.2) is 4.93 Å². The van der Waals surface area contributed by atoms with Gasteiger partial charge in [-0.3, -0.25) is 14.8 Å². The average Bonchev–Trinajstić information content (AvgIpc) is 2.55. The highest BCUT2D eigenvalue weighted by Gasteiger charge is 2.21. The van der Waals surface area contributed by atoms with Gasteiger partial charge in [0.05, 0.1) is 5.52 Å². The largest absolute Gasteiger partial charge is 0.450 e. The van der Waals surface area contributed by atoms with Gasteiger partial charge in [-0.25, -0.2) is 0 Å². The number of hydrogen-bond acceptors (Lipinski definition) is 5. The quantitative estimate of drug-likeness (QED) is 0.398. The number of rotatable bonds is 5. The molecule has 1 aromatic carbocycles. The van der Waals surface area contributed by atoms with Crippen LogP contribution in [-0.4, -0.2) is 21.4 Å². The number of pyridine rings is 2. The molecular formula is C18H16N2O2S. The number of aromatic nitrogens is 2. The Morgan fingerprint density at radius 2 is 2.00 bits per heavy atom. The van der Waals surface area contributed by atoms with Crippen molar-refractivity contribution in [1.29, 1.82) is 0 Å². The Labute approximate surface area is 138 Å². The number of hydrogen-bond donors (Lipinski definition) is 0. The van der Waals surface area contributed by atoms with Crippen molar-refractivity contribution in [3.05, 3.63) is 55.0 Å². The molecule has 23 heavy (non-hydrogen) atoms. The predicted octanol–water partition coefficient (Wildman–Crippen LogP) is 4.30. The van der Waals surface area contributed by atoms with E-state index in [1.807, 2.05) is 50.4 Å². The van der Waals surface area contributed by atoms with Crippen LogP contribution in [0.3, 0.4) is 0 Å². The van der Waals surface area contributed by atoms with Crippen LogP contribution in [0.15, 0.2) is 59.9 Å². The third-order valence-electron chi connectivity index (χ3n) is 3.38. The summed E-state index contributed by atoms with van der Waals surface area (Å²) in [6, 6.07) is 12.0. The van der Waals surface area contributed by atoms with Crippen molar-refractivity contribution >= 4 is 29.1 Å². The maximum atomic E-state index is 10.7. The lowest BCUT2D eigenvalue weighted by atomic mass is 10.1. The average molecular weight is 324 g/mol. The highest BCUT2D eigenvalue weighted by Crippen LogP contribution is 2.37. The minimum absolute atomic E-state index is 0.484. The standard InChI is InChI=1S/C18H16N2O2S/c1-18(2,22-12-21)23-17-7-9-20-16-6-5-13(10-15(16)17)14-4-3-8-19-11-14/h3-12H,1-2H3. The molecule has 0 fully saturated rings. The predicted molar refractivity (Wildman–Crippen MR) is 92.1 cm³/mol. The molecule has 0 saturated heterocycles. The number of carbonyl (C=O) groups is 1. The van der Waals surface area contributed by atoms with Crippen molar-refractivity contribution < 1.29 is 9.53 Å². The first-order chi connectivity index (χ1) is 11.1. The molecule has 0 aliphatic carbocycles. The molecule has 0 spiro atoms. The fraction of sp³-hybridized carbons (Fsp3) is 0.167. The van der Waals surface area contributed by atoms with Crippen molar-refractivity contribution in [1.82, 2.24) is 9.97 Å². The Morgan fingerprint density at radius 1 is 1.13 bits per heavy atom. The van der Waals surface area contributed by atoms with E-state index in [4.69, 9.17) is 4.74 Å². The zero-order chi connectivity index (χ0) is 16.3. The highest BCUT2D eigenvalue weighted by molar-refractivity contribution is 8.00. The molecule has 0 aliphatic rings. The maximum absolute atomic E-state index is 10.7. The Bertz CT molecular complexity index is 835. The summed E-state index contributed by atoms with van der Waals surface area (Å²) in [6.07, 6.45) is 5.36. The molecule has 0 N–H and O–H groups in total. The van der Waals surface area contributed by atoms with Crippen molar-refractivity contribution in [3.63, 3.8) is 0 Å².